The van der Waals surface area contributed by atoms with Crippen molar-refractivity contribution in [1.29, 1.82) is 5.41 Å². The first-order valence-electron chi connectivity index (χ1n) is 4.34. The van der Waals surface area contributed by atoms with E-state index in [9.17, 15) is 0 Å². The van der Waals surface area contributed by atoms with Crippen molar-refractivity contribution < 1.29 is 0 Å². The minimum atomic E-state index is 0.600. The van der Waals surface area contributed by atoms with Gasteiger partial charge in [0.2, 0.25) is 0 Å². The molecule has 1 rings (SSSR count). The van der Waals surface area contributed by atoms with Gasteiger partial charge in [0.15, 0.2) is 0 Å². The van der Waals surface area contributed by atoms with E-state index in [-0.39, 0.29) is 0 Å². The van der Waals surface area contributed by atoms with E-state index < -0.39 is 0 Å². The molecule has 0 aromatic heterocycles. The summed E-state index contributed by atoms with van der Waals surface area (Å²) < 4.78 is 0. The second kappa shape index (κ2) is 3.56. The van der Waals surface area contributed by atoms with Gasteiger partial charge in [0.25, 0.3) is 0 Å². The highest BCUT2D eigenvalue weighted by Gasteiger charge is 2.01. The van der Waals surface area contributed by atoms with Gasteiger partial charge in [-0.25, -0.2) is 0 Å². The molecule has 0 aliphatic carbocycles. The Hall–Kier alpha value is -1.37. The summed E-state index contributed by atoms with van der Waals surface area (Å²) in [6.45, 7) is 9.77. The molecule has 0 aliphatic heterocycles. The highest BCUT2D eigenvalue weighted by atomic mass is 14.4. The molecule has 68 valence electrons. The van der Waals surface area contributed by atoms with Crippen molar-refractivity contribution in [2.24, 2.45) is 0 Å². The van der Waals surface area contributed by atoms with Crippen LogP contribution in [0.2, 0.25) is 0 Å². The lowest BCUT2D eigenvalue weighted by molar-refractivity contribution is 1.38. The van der Waals surface area contributed by atoms with Crippen LogP contribution < -0.4 is 0 Å². The molecule has 0 atom stereocenters. The van der Waals surface area contributed by atoms with Gasteiger partial charge in [0.1, 0.15) is 0 Å². The zero-order chi connectivity index (χ0) is 10.0. The zero-order valence-corrected chi connectivity index (χ0v) is 8.44. The molecule has 0 amide bonds. The minimum absolute atomic E-state index is 0.600. The van der Waals surface area contributed by atoms with E-state index in [0.717, 1.165) is 16.7 Å². The van der Waals surface area contributed by atoms with Crippen LogP contribution in [0.25, 0.3) is 5.57 Å². The van der Waals surface area contributed by atoms with Gasteiger partial charge >= 0.3 is 0 Å². The number of rotatable bonds is 2. The van der Waals surface area contributed by atoms with E-state index in [1.807, 2.05) is 25.1 Å². The number of benzene rings is 1. The summed E-state index contributed by atoms with van der Waals surface area (Å²) in [5.74, 6) is 0. The molecular weight excluding hydrogens is 158 g/mol. The van der Waals surface area contributed by atoms with Crippen molar-refractivity contribution in [3.63, 3.8) is 0 Å². The second-order valence-electron chi connectivity index (χ2n) is 3.44. The molecule has 1 aromatic carbocycles. The van der Waals surface area contributed by atoms with E-state index in [1.54, 1.807) is 6.92 Å². The summed E-state index contributed by atoms with van der Waals surface area (Å²) in [5.41, 5.74) is 5.01. The smallest absolute Gasteiger partial charge is 0.0355 e. The Morgan fingerprint density at radius 1 is 1.31 bits per heavy atom. The molecule has 1 nitrogen and oxygen atoms in total. The summed E-state index contributed by atoms with van der Waals surface area (Å²) in [6, 6.07) is 6.04. The molecular formula is C12H15N. The maximum atomic E-state index is 7.51. The first-order valence-corrected chi connectivity index (χ1v) is 4.34. The molecule has 1 aromatic rings. The molecule has 0 spiro atoms. The Kier molecular flexibility index (Phi) is 2.66. The molecule has 0 unspecified atom stereocenters. The third-order valence-electron chi connectivity index (χ3n) is 2.13. The number of allylic oxidation sites excluding steroid dienone is 1. The third-order valence-corrected chi connectivity index (χ3v) is 2.13. The Morgan fingerprint density at radius 3 is 2.38 bits per heavy atom. The molecule has 0 radical (unpaired) electrons. The van der Waals surface area contributed by atoms with Gasteiger partial charge in [-0.2, -0.15) is 0 Å². The average Bonchev–Trinajstić information content (AvgIpc) is 2.04. The van der Waals surface area contributed by atoms with Crippen LogP contribution in [-0.2, 0) is 0 Å². The van der Waals surface area contributed by atoms with Gasteiger partial charge in [0, 0.05) is 5.71 Å². The Morgan fingerprint density at radius 2 is 1.92 bits per heavy atom. The largest absolute Gasteiger partial charge is 0.305 e. The summed E-state index contributed by atoms with van der Waals surface area (Å²) in [7, 11) is 0. The van der Waals surface area contributed by atoms with E-state index >= 15 is 0 Å². The highest BCUT2D eigenvalue weighted by Crippen LogP contribution is 2.18. The molecule has 0 saturated heterocycles. The Bertz CT molecular complexity index is 361. The molecule has 0 fully saturated rings. The fourth-order valence-electron chi connectivity index (χ4n) is 1.32. The standard InChI is InChI=1S/C12H15N/c1-8(2)12-7-11(10(4)13)6-5-9(12)3/h5-7,13H,1H2,2-4H3. The fraction of sp³-hybridized carbons (Fsp3) is 0.250. The molecule has 0 heterocycles. The van der Waals surface area contributed by atoms with Crippen LogP contribution in [-0.4, -0.2) is 5.71 Å². The molecule has 0 bridgehead atoms. The van der Waals surface area contributed by atoms with E-state index in [2.05, 4.69) is 13.5 Å². The first kappa shape index (κ1) is 9.72. The summed E-state index contributed by atoms with van der Waals surface area (Å²) in [5, 5.41) is 7.51. The fourth-order valence-corrected chi connectivity index (χ4v) is 1.32. The van der Waals surface area contributed by atoms with Gasteiger partial charge in [0.05, 0.1) is 0 Å². The summed E-state index contributed by atoms with van der Waals surface area (Å²) >= 11 is 0. The molecule has 1 heteroatoms. The van der Waals surface area contributed by atoms with Crippen LogP contribution in [0, 0.1) is 12.3 Å². The van der Waals surface area contributed by atoms with Gasteiger partial charge in [-0.15, -0.1) is 0 Å². The number of nitrogens with one attached hydrogen (secondary N) is 1. The average molecular weight is 173 g/mol. The van der Waals surface area contributed by atoms with E-state index in [1.165, 1.54) is 5.56 Å². The van der Waals surface area contributed by atoms with Crippen molar-refractivity contribution in [2.75, 3.05) is 0 Å². The van der Waals surface area contributed by atoms with E-state index in [4.69, 9.17) is 5.41 Å². The summed E-state index contributed by atoms with van der Waals surface area (Å²) in [6.07, 6.45) is 0. The minimum Gasteiger partial charge on any atom is -0.305 e. The Balaban J connectivity index is 3.27. The quantitative estimate of drug-likeness (QED) is 0.663. The van der Waals surface area contributed by atoms with Gasteiger partial charge in [-0.3, -0.25) is 0 Å². The number of hydrogen-bond acceptors (Lipinski definition) is 1. The number of hydrogen-bond donors (Lipinski definition) is 1. The highest BCUT2D eigenvalue weighted by molar-refractivity contribution is 5.97. The van der Waals surface area contributed by atoms with Crippen LogP contribution >= 0.6 is 0 Å². The zero-order valence-electron chi connectivity index (χ0n) is 8.44. The first-order chi connectivity index (χ1) is 6.02. The van der Waals surface area contributed by atoms with Crippen LogP contribution in [0.4, 0.5) is 0 Å². The monoisotopic (exact) mass is 173 g/mol. The van der Waals surface area contributed by atoms with Gasteiger partial charge in [-0.1, -0.05) is 24.3 Å². The number of aryl methyl sites for hydroxylation is 1. The maximum absolute atomic E-state index is 7.51. The van der Waals surface area contributed by atoms with Crippen LogP contribution in [0.3, 0.4) is 0 Å². The summed E-state index contributed by atoms with van der Waals surface area (Å²) in [4.78, 5) is 0. The topological polar surface area (TPSA) is 23.9 Å². The lowest BCUT2D eigenvalue weighted by Crippen LogP contribution is -1.94. The molecule has 13 heavy (non-hydrogen) atoms. The predicted octanol–water partition coefficient (Wildman–Crippen LogP) is 3.42. The second-order valence-corrected chi connectivity index (χ2v) is 3.44. The lowest BCUT2D eigenvalue weighted by atomic mass is 9.98. The van der Waals surface area contributed by atoms with Gasteiger partial charge < -0.3 is 5.41 Å². The van der Waals surface area contributed by atoms with Crippen molar-refractivity contribution in [3.8, 4) is 0 Å². The Labute approximate surface area is 79.6 Å². The van der Waals surface area contributed by atoms with Crippen molar-refractivity contribution in [2.45, 2.75) is 20.8 Å². The van der Waals surface area contributed by atoms with Crippen LogP contribution in [0.5, 0.6) is 0 Å². The van der Waals surface area contributed by atoms with Crippen molar-refractivity contribution in [1.82, 2.24) is 0 Å². The van der Waals surface area contributed by atoms with Gasteiger partial charge in [-0.05, 0) is 43.5 Å². The van der Waals surface area contributed by atoms with Crippen LogP contribution in [0.15, 0.2) is 24.8 Å². The van der Waals surface area contributed by atoms with Crippen molar-refractivity contribution >= 4 is 11.3 Å². The molecule has 0 saturated carbocycles. The molecule has 0 aliphatic rings. The van der Waals surface area contributed by atoms with Crippen LogP contribution in [0.1, 0.15) is 30.5 Å². The SMILES string of the molecule is C=C(C)c1cc(C(C)=N)ccc1C. The third kappa shape index (κ3) is 2.05. The maximum Gasteiger partial charge on any atom is 0.0355 e. The predicted molar refractivity (Wildman–Crippen MR) is 58.4 cm³/mol. The van der Waals surface area contributed by atoms with Crippen molar-refractivity contribution in [3.05, 3.63) is 41.5 Å². The normalized spacial score (nSPS) is 9.77. The molecule has 1 N–H and O–H groups in total. The lowest BCUT2D eigenvalue weighted by Gasteiger charge is -2.07. The van der Waals surface area contributed by atoms with E-state index in [0.29, 0.717) is 5.71 Å².